The fourth-order valence-electron chi connectivity index (χ4n) is 23.2. The zero-order valence-electron chi connectivity index (χ0n) is 82.6. The highest BCUT2D eigenvalue weighted by molar-refractivity contribution is 6.17. The van der Waals surface area contributed by atoms with E-state index < -0.39 is 0 Å². The number of hydrogen-bond donors (Lipinski definition) is 0. The zero-order chi connectivity index (χ0) is 99.6. The minimum Gasteiger partial charge on any atom is -0.456 e. The van der Waals surface area contributed by atoms with E-state index in [4.69, 9.17) is 31.5 Å². The van der Waals surface area contributed by atoms with Gasteiger partial charge in [0.05, 0.1) is 60.9 Å². The molecule has 0 saturated heterocycles. The number of benzene rings is 22. The van der Waals surface area contributed by atoms with Gasteiger partial charge in [-0.1, -0.05) is 283 Å². The van der Waals surface area contributed by atoms with Crippen LogP contribution in [0.3, 0.4) is 0 Å². The largest absolute Gasteiger partial charge is 0.456 e. The molecule has 0 aliphatic heterocycles. The molecule has 0 radical (unpaired) electrons. The van der Waals surface area contributed by atoms with Crippen molar-refractivity contribution in [2.75, 3.05) is 0 Å². The standard InChI is InChI=1S/2C31H21NO.C26H17N3O.C25H17NO.C25H16O2/c1-20-13-15-30-26(17-20)27-19-22(14-16-31(27)33-30)21-7-6-8-23(18-21)32-28-11-4-2-9-24(28)25-10-3-5-12-29(25)32;1-20-7-6-8-21(17-20)22-13-15-29-26(18-22)24-9-2-4-11-28(24)32(29)23-14-16-31-27(19-23)25-10-3-5-12-30(25)33-31;1-16-13-14-24-18(15-16)17-7-6-12-23(25(17)30-24)29-22-11-5-4-10-21(22)28-20-9-3-2-8-19(20)27-26(28)29;1-16-14-17(15-21-20-10-4-7-13-24(20)27-25(16)21)26-22-11-5-2-8-18(22)19-9-3-6-12-23(19)26;1-15-6-9-23-19(12-15)21-14-17(8-11-25(21)27-23)16-7-10-24-20(13-16)18-4-2-3-5-22(18)26-24/h2*2-19H,1H3;2-15H,1H3;2-15H,1H3;2-14H,1H3. The number of imidazole rings is 2. The third-order valence-electron chi connectivity index (χ3n) is 30.1. The monoisotopic (exact) mass is 1930 g/mol. The van der Waals surface area contributed by atoms with Crippen molar-refractivity contribution in [3.05, 3.63) is 495 Å². The van der Waals surface area contributed by atoms with E-state index in [0.717, 1.165) is 161 Å². The van der Waals surface area contributed by atoms with Crippen LogP contribution in [0.2, 0.25) is 0 Å². The van der Waals surface area contributed by atoms with Crippen molar-refractivity contribution in [1.29, 1.82) is 0 Å². The summed E-state index contributed by atoms with van der Waals surface area (Å²) < 4.78 is 48.1. The third kappa shape index (κ3) is 14.4. The molecule has 0 N–H and O–H groups in total. The molecule has 33 rings (SSSR count). The Morgan fingerprint density at radius 2 is 0.487 bits per heavy atom. The maximum Gasteiger partial charge on any atom is 0.220 e. The number of rotatable bonds is 7. The number of fused-ring (bicyclic) bond motifs is 32. The molecule has 0 saturated carbocycles. The molecule has 0 bridgehead atoms. The van der Waals surface area contributed by atoms with Crippen LogP contribution in [-0.4, -0.2) is 27.7 Å². The summed E-state index contributed by atoms with van der Waals surface area (Å²) >= 11 is 0. The molecule has 0 aliphatic rings. The van der Waals surface area contributed by atoms with Crippen molar-refractivity contribution >= 4 is 225 Å². The summed E-state index contributed by atoms with van der Waals surface area (Å²) in [7, 11) is 0. The van der Waals surface area contributed by atoms with Crippen LogP contribution >= 0.6 is 0 Å². The first kappa shape index (κ1) is 86.9. The van der Waals surface area contributed by atoms with Crippen molar-refractivity contribution in [2.45, 2.75) is 34.6 Å². The highest BCUT2D eigenvalue weighted by atomic mass is 16.3. The molecule has 0 unspecified atom stereocenters. The molecule has 710 valence electrons. The number of aromatic nitrogens is 6. The minimum atomic E-state index is 0.883. The van der Waals surface area contributed by atoms with Gasteiger partial charge in [0.2, 0.25) is 5.78 Å². The van der Waals surface area contributed by atoms with Crippen LogP contribution in [0.1, 0.15) is 27.8 Å². The number of furan rings is 6. The van der Waals surface area contributed by atoms with E-state index in [1.165, 1.54) is 148 Å². The Kier molecular flexibility index (Phi) is 20.2. The van der Waals surface area contributed by atoms with Gasteiger partial charge in [-0.25, -0.2) is 4.98 Å². The summed E-state index contributed by atoms with van der Waals surface area (Å²) in [6.45, 7) is 10.6. The lowest BCUT2D eigenvalue weighted by molar-refractivity contribution is 0.665. The first-order chi connectivity index (χ1) is 73.9. The number of nitrogens with zero attached hydrogens (tertiary/aromatic N) is 6. The molecule has 0 amide bonds. The second kappa shape index (κ2) is 34.8. The second-order valence-electron chi connectivity index (χ2n) is 39.5. The molecular weight excluding hydrogens is 1840 g/mol. The van der Waals surface area contributed by atoms with Crippen LogP contribution < -0.4 is 0 Å². The van der Waals surface area contributed by atoms with E-state index >= 15 is 0 Å². The lowest BCUT2D eigenvalue weighted by Crippen LogP contribution is -1.95. The molecule has 0 fully saturated rings. The molecule has 11 aromatic heterocycles. The first-order valence-corrected chi connectivity index (χ1v) is 51.0. The smallest absolute Gasteiger partial charge is 0.220 e. The van der Waals surface area contributed by atoms with Gasteiger partial charge in [-0.2, -0.15) is 0 Å². The number of aryl methyl sites for hydroxylation is 5. The molecule has 11 heterocycles. The quantitative estimate of drug-likeness (QED) is 0.156. The van der Waals surface area contributed by atoms with Gasteiger partial charge in [-0.3, -0.25) is 8.97 Å². The SMILES string of the molecule is Cc1cc(-n2c3ccccc3c3ccccc32)cc2c1oc1ccccc12.Cc1ccc2oc3c(-n4c5ccccc5n5c6ccccc6nc45)cccc3c2c1.Cc1ccc2oc3ccc(-c4ccc5oc6ccccc6c5c4)cc3c2c1.Cc1ccc2oc3ccc(-c4cccc(-n5c6ccccc6c6ccccc65)c4)cc3c2c1.Cc1cccc(-c2ccc3c(c2)c2ccccc2n3-c2ccc3oc4ccccc4c3c2)c1. The summed E-state index contributed by atoms with van der Waals surface area (Å²) in [4.78, 5) is 4.99. The fourth-order valence-corrected chi connectivity index (χ4v) is 23.2. The number of hydrogen-bond acceptors (Lipinski definition) is 7. The van der Waals surface area contributed by atoms with Crippen LogP contribution in [0, 0.1) is 34.6 Å². The third-order valence-corrected chi connectivity index (χ3v) is 30.1. The van der Waals surface area contributed by atoms with Gasteiger partial charge in [0.25, 0.3) is 0 Å². The van der Waals surface area contributed by atoms with Crippen LogP contribution in [-0.2, 0) is 0 Å². The summed E-state index contributed by atoms with van der Waals surface area (Å²) in [5, 5.41) is 21.5. The molecule has 0 aliphatic carbocycles. The molecule has 33 aromatic rings. The number of para-hydroxylation sites is 13. The lowest BCUT2D eigenvalue weighted by Gasteiger charge is -2.10. The van der Waals surface area contributed by atoms with Gasteiger partial charge in [-0.05, 0) is 280 Å². The van der Waals surface area contributed by atoms with E-state index in [2.05, 4.69) is 476 Å². The van der Waals surface area contributed by atoms with Gasteiger partial charge >= 0.3 is 0 Å². The second-order valence-corrected chi connectivity index (χ2v) is 39.5. The van der Waals surface area contributed by atoms with E-state index in [1.807, 2.05) is 48.5 Å². The van der Waals surface area contributed by atoms with Gasteiger partial charge < -0.3 is 40.2 Å². The minimum absolute atomic E-state index is 0.883. The summed E-state index contributed by atoms with van der Waals surface area (Å²) in [6, 6.07) is 165. The predicted octanol–water partition coefficient (Wildman–Crippen LogP) is 38.4. The van der Waals surface area contributed by atoms with Crippen LogP contribution in [0.25, 0.3) is 281 Å². The van der Waals surface area contributed by atoms with Crippen LogP contribution in [0.15, 0.2) is 494 Å². The van der Waals surface area contributed by atoms with Crippen molar-refractivity contribution in [1.82, 2.24) is 27.7 Å². The molecular formula is C138H92N6O6. The van der Waals surface area contributed by atoms with Crippen molar-refractivity contribution in [3.8, 4) is 56.1 Å². The van der Waals surface area contributed by atoms with Gasteiger partial charge in [0, 0.05) is 114 Å². The Labute approximate surface area is 858 Å². The Morgan fingerprint density at radius 3 is 1.01 bits per heavy atom. The molecule has 12 nitrogen and oxygen atoms in total. The van der Waals surface area contributed by atoms with Crippen molar-refractivity contribution in [2.24, 2.45) is 0 Å². The predicted molar refractivity (Wildman–Crippen MR) is 622 cm³/mol. The molecule has 22 aromatic carbocycles. The van der Waals surface area contributed by atoms with E-state index in [-0.39, 0.29) is 0 Å². The van der Waals surface area contributed by atoms with Crippen molar-refractivity contribution < 1.29 is 26.5 Å². The molecule has 150 heavy (non-hydrogen) atoms. The van der Waals surface area contributed by atoms with Crippen LogP contribution in [0.5, 0.6) is 0 Å². The van der Waals surface area contributed by atoms with E-state index in [0.29, 0.717) is 0 Å². The zero-order valence-corrected chi connectivity index (χ0v) is 82.6. The van der Waals surface area contributed by atoms with Crippen molar-refractivity contribution in [3.63, 3.8) is 0 Å². The Balaban J connectivity index is 0.0000000882. The van der Waals surface area contributed by atoms with E-state index in [1.54, 1.807) is 0 Å². The van der Waals surface area contributed by atoms with Crippen LogP contribution in [0.4, 0.5) is 0 Å². The molecule has 12 heteroatoms. The first-order valence-electron chi connectivity index (χ1n) is 51.0. The average molecular weight is 1930 g/mol. The summed E-state index contributed by atoms with van der Waals surface area (Å²) in [5.41, 5.74) is 40.6. The molecule has 0 atom stereocenters. The fraction of sp³-hybridized carbons (Fsp3) is 0.0362. The van der Waals surface area contributed by atoms with Gasteiger partial charge in [0.15, 0.2) is 5.58 Å². The van der Waals surface area contributed by atoms with Gasteiger partial charge in [-0.15, -0.1) is 0 Å². The van der Waals surface area contributed by atoms with E-state index in [9.17, 15) is 0 Å². The maximum absolute atomic E-state index is 6.38. The Bertz CT molecular complexity index is 11200. The summed E-state index contributed by atoms with van der Waals surface area (Å²) in [6.07, 6.45) is 0. The summed E-state index contributed by atoms with van der Waals surface area (Å²) in [5.74, 6) is 0.890. The Hall–Kier alpha value is -19.7. The topological polar surface area (TPSA) is 116 Å². The maximum atomic E-state index is 6.38. The van der Waals surface area contributed by atoms with Gasteiger partial charge in [0.1, 0.15) is 61.4 Å². The highest BCUT2D eigenvalue weighted by Crippen LogP contribution is 2.46. The lowest BCUT2D eigenvalue weighted by atomic mass is 10.0. The Morgan fingerprint density at radius 1 is 0.167 bits per heavy atom. The highest BCUT2D eigenvalue weighted by Gasteiger charge is 2.25. The average Bonchev–Trinajstić information content (AvgIpc) is 1.55. The normalized spacial score (nSPS) is 11.9. The molecule has 0 spiro atoms.